The molecule has 182 valence electrons. The largest absolute Gasteiger partial charge is 0.382 e. The Hall–Kier alpha value is -4.88. The van der Waals surface area contributed by atoms with Gasteiger partial charge in [0.15, 0.2) is 0 Å². The van der Waals surface area contributed by atoms with Gasteiger partial charge in [-0.25, -0.2) is 24.3 Å². The Bertz CT molecular complexity index is 1750. The van der Waals surface area contributed by atoms with Crippen molar-refractivity contribution in [3.63, 3.8) is 0 Å². The standard InChI is InChI=1S/C26H18ClFN8O/c1-15(34-24-20(23(29)32-14-33-24)7-6-18-13-30-9-10-31-18)25-35-22-8-5-17(28)12-21(22)26(37)36(25)19-4-2-3-16(27)11-19/h2-5,8-15H,1H3,(H3,29,32,33,34)/t15-/m0/s1. The van der Waals surface area contributed by atoms with Gasteiger partial charge in [-0.1, -0.05) is 23.6 Å². The minimum absolute atomic E-state index is 0.137. The van der Waals surface area contributed by atoms with Crippen LogP contribution < -0.4 is 16.6 Å². The molecule has 3 N–H and O–H groups in total. The molecule has 11 heteroatoms. The normalized spacial score (nSPS) is 11.5. The zero-order valence-electron chi connectivity index (χ0n) is 19.4. The first-order valence-electron chi connectivity index (χ1n) is 11.0. The van der Waals surface area contributed by atoms with E-state index in [2.05, 4.69) is 42.1 Å². The van der Waals surface area contributed by atoms with Gasteiger partial charge in [-0.05, 0) is 49.2 Å². The van der Waals surface area contributed by atoms with Crippen LogP contribution in [0.25, 0.3) is 16.6 Å². The Morgan fingerprint density at radius 2 is 1.97 bits per heavy atom. The molecule has 2 aromatic carbocycles. The average Bonchev–Trinajstić information content (AvgIpc) is 2.89. The first-order chi connectivity index (χ1) is 17.9. The van der Waals surface area contributed by atoms with Crippen molar-refractivity contribution in [1.29, 1.82) is 0 Å². The molecule has 3 heterocycles. The molecule has 5 aromatic rings. The number of nitrogen functional groups attached to an aromatic ring is 1. The minimum atomic E-state index is -0.576. The molecule has 0 saturated heterocycles. The van der Waals surface area contributed by atoms with Gasteiger partial charge < -0.3 is 11.1 Å². The molecule has 0 aliphatic rings. The van der Waals surface area contributed by atoms with Crippen LogP contribution in [0.3, 0.4) is 0 Å². The summed E-state index contributed by atoms with van der Waals surface area (Å²) in [7, 11) is 0. The summed E-state index contributed by atoms with van der Waals surface area (Å²) < 4.78 is 15.4. The van der Waals surface area contributed by atoms with Crippen molar-refractivity contribution in [2.45, 2.75) is 13.0 Å². The number of nitrogens with one attached hydrogen (secondary N) is 1. The predicted molar refractivity (Wildman–Crippen MR) is 139 cm³/mol. The second-order valence-electron chi connectivity index (χ2n) is 7.94. The van der Waals surface area contributed by atoms with E-state index in [0.717, 1.165) is 0 Å². The fourth-order valence-corrected chi connectivity index (χ4v) is 3.91. The van der Waals surface area contributed by atoms with Gasteiger partial charge in [0, 0.05) is 17.4 Å². The van der Waals surface area contributed by atoms with Crippen molar-refractivity contribution < 1.29 is 4.39 Å². The lowest BCUT2D eigenvalue weighted by Gasteiger charge is -2.21. The third-order valence-corrected chi connectivity index (χ3v) is 5.65. The maximum Gasteiger partial charge on any atom is 0.266 e. The lowest BCUT2D eigenvalue weighted by atomic mass is 10.2. The fourth-order valence-electron chi connectivity index (χ4n) is 3.72. The topological polar surface area (TPSA) is 124 Å². The number of fused-ring (bicyclic) bond motifs is 1. The Morgan fingerprint density at radius 3 is 2.76 bits per heavy atom. The van der Waals surface area contributed by atoms with E-state index in [-0.39, 0.29) is 11.2 Å². The van der Waals surface area contributed by atoms with Gasteiger partial charge in [0.05, 0.1) is 28.8 Å². The van der Waals surface area contributed by atoms with Crippen molar-refractivity contribution in [2.75, 3.05) is 11.1 Å². The molecule has 3 aromatic heterocycles. The van der Waals surface area contributed by atoms with E-state index in [4.69, 9.17) is 17.3 Å². The molecule has 5 rings (SSSR count). The molecule has 0 unspecified atom stereocenters. The first kappa shape index (κ1) is 23.8. The Balaban J connectivity index is 1.63. The number of benzene rings is 2. The van der Waals surface area contributed by atoms with E-state index in [0.29, 0.717) is 39.1 Å². The third-order valence-electron chi connectivity index (χ3n) is 5.42. The molecule has 0 bridgehead atoms. The second-order valence-corrected chi connectivity index (χ2v) is 8.38. The van der Waals surface area contributed by atoms with Crippen LogP contribution in [0, 0.1) is 17.7 Å². The van der Waals surface area contributed by atoms with Gasteiger partial charge >= 0.3 is 0 Å². The summed E-state index contributed by atoms with van der Waals surface area (Å²) in [5.41, 5.74) is 7.27. The zero-order valence-corrected chi connectivity index (χ0v) is 20.1. The summed E-state index contributed by atoms with van der Waals surface area (Å²) in [4.78, 5) is 34.7. The third kappa shape index (κ3) is 4.94. The van der Waals surface area contributed by atoms with Crippen LogP contribution in [0.2, 0.25) is 5.02 Å². The highest BCUT2D eigenvalue weighted by molar-refractivity contribution is 6.30. The number of rotatable bonds is 4. The van der Waals surface area contributed by atoms with Crippen LogP contribution >= 0.6 is 11.6 Å². The Kier molecular flexibility index (Phi) is 6.45. The van der Waals surface area contributed by atoms with Crippen LogP contribution in [0.1, 0.15) is 30.0 Å². The molecule has 0 aliphatic carbocycles. The van der Waals surface area contributed by atoms with Crippen molar-refractivity contribution in [3.05, 3.63) is 106 Å². The summed E-state index contributed by atoms with van der Waals surface area (Å²) in [5.74, 6) is 6.14. The summed E-state index contributed by atoms with van der Waals surface area (Å²) in [6, 6.07) is 10.1. The van der Waals surface area contributed by atoms with Crippen molar-refractivity contribution >= 4 is 34.1 Å². The fraction of sp³-hybridized carbons (Fsp3) is 0.0769. The highest BCUT2D eigenvalue weighted by Crippen LogP contribution is 2.25. The van der Waals surface area contributed by atoms with E-state index < -0.39 is 17.4 Å². The number of aromatic nitrogens is 6. The molecule has 0 fully saturated rings. The summed E-state index contributed by atoms with van der Waals surface area (Å²) in [6.07, 6.45) is 5.90. The van der Waals surface area contributed by atoms with Gasteiger partial charge in [0.2, 0.25) is 0 Å². The predicted octanol–water partition coefficient (Wildman–Crippen LogP) is 3.91. The molecule has 37 heavy (non-hydrogen) atoms. The van der Waals surface area contributed by atoms with E-state index in [1.54, 1.807) is 37.4 Å². The molecule has 0 radical (unpaired) electrons. The number of hydrogen-bond acceptors (Lipinski definition) is 8. The maximum absolute atomic E-state index is 14.0. The van der Waals surface area contributed by atoms with Gasteiger partial charge in [-0.2, -0.15) is 0 Å². The minimum Gasteiger partial charge on any atom is -0.382 e. The van der Waals surface area contributed by atoms with Crippen molar-refractivity contribution in [1.82, 2.24) is 29.5 Å². The maximum atomic E-state index is 14.0. The van der Waals surface area contributed by atoms with Crippen molar-refractivity contribution in [3.8, 4) is 17.5 Å². The number of anilines is 2. The van der Waals surface area contributed by atoms with Crippen LogP contribution in [0.15, 0.2) is 72.2 Å². The quantitative estimate of drug-likeness (QED) is 0.347. The monoisotopic (exact) mass is 512 g/mol. The smallest absolute Gasteiger partial charge is 0.266 e. The number of nitrogens with two attached hydrogens (primary N) is 1. The highest BCUT2D eigenvalue weighted by atomic mass is 35.5. The summed E-state index contributed by atoms with van der Waals surface area (Å²) in [6.45, 7) is 1.80. The second kappa shape index (κ2) is 10.0. The van der Waals surface area contributed by atoms with Gasteiger partial charge in [-0.15, -0.1) is 0 Å². The highest BCUT2D eigenvalue weighted by Gasteiger charge is 2.20. The molecule has 0 saturated carbocycles. The molecule has 9 nitrogen and oxygen atoms in total. The zero-order chi connectivity index (χ0) is 25.9. The molecule has 0 aliphatic heterocycles. The van der Waals surface area contributed by atoms with E-state index >= 15 is 0 Å². The Morgan fingerprint density at radius 1 is 1.11 bits per heavy atom. The number of halogens is 2. The van der Waals surface area contributed by atoms with E-state index in [1.807, 2.05) is 0 Å². The SMILES string of the molecule is C[C@H](Nc1ncnc(N)c1C#Cc1cnccn1)c1nc2ccc(F)cc2c(=O)n1-c1cccc(Cl)c1. The number of nitrogens with zero attached hydrogens (tertiary/aromatic N) is 6. The average molecular weight is 513 g/mol. The molecule has 1 atom stereocenters. The van der Waals surface area contributed by atoms with Gasteiger partial charge in [-0.3, -0.25) is 14.3 Å². The lowest BCUT2D eigenvalue weighted by Crippen LogP contribution is -2.27. The summed E-state index contributed by atoms with van der Waals surface area (Å²) >= 11 is 6.21. The van der Waals surface area contributed by atoms with Crippen LogP contribution in [-0.2, 0) is 0 Å². The molecular weight excluding hydrogens is 495 g/mol. The molecule has 0 spiro atoms. The Labute approximate surface area is 215 Å². The number of hydrogen-bond donors (Lipinski definition) is 2. The van der Waals surface area contributed by atoms with Crippen LogP contribution in [0.5, 0.6) is 0 Å². The lowest BCUT2D eigenvalue weighted by molar-refractivity contribution is 0.629. The van der Waals surface area contributed by atoms with E-state index in [1.165, 1.54) is 41.5 Å². The van der Waals surface area contributed by atoms with Gasteiger partial charge in [0.1, 0.15) is 40.9 Å². The molecular formula is C26H18ClFN8O. The van der Waals surface area contributed by atoms with Crippen molar-refractivity contribution in [2.24, 2.45) is 0 Å². The van der Waals surface area contributed by atoms with Crippen LogP contribution in [-0.4, -0.2) is 29.5 Å². The van der Waals surface area contributed by atoms with Gasteiger partial charge in [0.25, 0.3) is 5.56 Å². The molecule has 0 amide bonds. The first-order valence-corrected chi connectivity index (χ1v) is 11.4. The summed E-state index contributed by atoms with van der Waals surface area (Å²) in [5, 5.41) is 3.80. The van der Waals surface area contributed by atoms with Crippen LogP contribution in [0.4, 0.5) is 16.0 Å². The van der Waals surface area contributed by atoms with E-state index in [9.17, 15) is 9.18 Å².